The van der Waals surface area contributed by atoms with Gasteiger partial charge in [-0.1, -0.05) is 6.92 Å². The van der Waals surface area contributed by atoms with E-state index in [1.807, 2.05) is 4.90 Å². The molecule has 2 N–H and O–H groups in total. The Balaban J connectivity index is 1.39. The number of fused-ring (bicyclic) bond motifs is 1. The average molecular weight is 463 g/mol. The minimum atomic E-state index is -3.85. The van der Waals surface area contributed by atoms with Crippen molar-refractivity contribution in [2.75, 3.05) is 24.5 Å². The molecule has 9 heteroatoms. The van der Waals surface area contributed by atoms with Crippen LogP contribution in [0.25, 0.3) is 0 Å². The number of anilines is 1. The van der Waals surface area contributed by atoms with E-state index in [1.54, 1.807) is 24.0 Å². The van der Waals surface area contributed by atoms with Crippen LogP contribution >= 0.6 is 0 Å². The topological polar surface area (TPSA) is 98.8 Å². The number of sulfonamides is 1. The highest BCUT2D eigenvalue weighted by Crippen LogP contribution is 2.31. The lowest BCUT2D eigenvalue weighted by Crippen LogP contribution is -2.48. The molecule has 2 fully saturated rings. The van der Waals surface area contributed by atoms with Gasteiger partial charge in [0.05, 0.1) is 10.9 Å². The summed E-state index contributed by atoms with van der Waals surface area (Å²) in [5, 5.41) is 2.99. The maximum Gasteiger partial charge on any atom is 0.324 e. The number of nitrogens with zero attached hydrogens (tertiary/aromatic N) is 2. The van der Waals surface area contributed by atoms with E-state index in [1.165, 1.54) is 6.07 Å². The number of carbonyl (C=O) groups is 2. The lowest BCUT2D eigenvalue weighted by Gasteiger charge is -2.28. The number of amides is 3. The molecule has 0 aromatic heterocycles. The van der Waals surface area contributed by atoms with Gasteiger partial charge >= 0.3 is 6.03 Å². The fourth-order valence-electron chi connectivity index (χ4n) is 4.91. The van der Waals surface area contributed by atoms with Crippen LogP contribution in [-0.4, -0.2) is 57.0 Å². The summed E-state index contributed by atoms with van der Waals surface area (Å²) < 4.78 is 28.4. The van der Waals surface area contributed by atoms with E-state index in [4.69, 9.17) is 0 Å². The van der Waals surface area contributed by atoms with Gasteiger partial charge in [0.1, 0.15) is 0 Å². The molecule has 3 aliphatic rings. The van der Waals surface area contributed by atoms with Crippen LogP contribution in [0.3, 0.4) is 0 Å². The van der Waals surface area contributed by atoms with E-state index in [9.17, 15) is 18.0 Å². The first kappa shape index (κ1) is 23.0. The largest absolute Gasteiger partial charge is 0.352 e. The third kappa shape index (κ3) is 4.93. The van der Waals surface area contributed by atoms with Crippen molar-refractivity contribution in [2.24, 2.45) is 5.92 Å². The number of rotatable bonds is 5. The van der Waals surface area contributed by atoms with Gasteiger partial charge in [0.25, 0.3) is 0 Å². The van der Waals surface area contributed by atoms with Crippen LogP contribution in [0.1, 0.15) is 57.9 Å². The third-order valence-electron chi connectivity index (χ3n) is 6.95. The summed E-state index contributed by atoms with van der Waals surface area (Å²) in [7, 11) is -3.85. The van der Waals surface area contributed by atoms with Gasteiger partial charge in [-0.05, 0) is 81.5 Å². The minimum absolute atomic E-state index is 0.00242. The van der Waals surface area contributed by atoms with Crippen molar-refractivity contribution in [3.05, 3.63) is 23.8 Å². The van der Waals surface area contributed by atoms with Crippen LogP contribution < -0.4 is 14.9 Å². The molecule has 0 spiro atoms. The van der Waals surface area contributed by atoms with Gasteiger partial charge in [-0.2, -0.15) is 4.72 Å². The second kappa shape index (κ2) is 9.39. The molecule has 32 heavy (non-hydrogen) atoms. The van der Waals surface area contributed by atoms with Crippen LogP contribution in [0.2, 0.25) is 0 Å². The van der Waals surface area contributed by atoms with Crippen molar-refractivity contribution in [3.63, 3.8) is 0 Å². The number of nitrogens with one attached hydrogen (secondary N) is 2. The Hall–Kier alpha value is -2.13. The zero-order chi connectivity index (χ0) is 22.9. The molecule has 2 aliphatic heterocycles. The molecule has 1 aliphatic carbocycles. The quantitative estimate of drug-likeness (QED) is 0.703. The van der Waals surface area contributed by atoms with Gasteiger partial charge in [-0.25, -0.2) is 13.2 Å². The Morgan fingerprint density at radius 3 is 2.44 bits per heavy atom. The molecule has 1 atom stereocenters. The number of urea groups is 1. The molecule has 176 valence electrons. The Labute approximate surface area is 190 Å². The fourth-order valence-corrected chi connectivity index (χ4v) is 6.16. The summed E-state index contributed by atoms with van der Waals surface area (Å²) in [6, 6.07) is 4.10. The van der Waals surface area contributed by atoms with Gasteiger partial charge in [0.15, 0.2) is 0 Å². The number of benzene rings is 1. The van der Waals surface area contributed by atoms with E-state index in [-0.39, 0.29) is 22.9 Å². The first-order chi connectivity index (χ1) is 15.2. The minimum Gasteiger partial charge on any atom is -0.352 e. The van der Waals surface area contributed by atoms with Gasteiger partial charge in [-0.15, -0.1) is 0 Å². The first-order valence-electron chi connectivity index (χ1n) is 11.8. The van der Waals surface area contributed by atoms with Crippen molar-refractivity contribution in [2.45, 2.75) is 75.8 Å². The van der Waals surface area contributed by atoms with Crippen molar-refractivity contribution < 1.29 is 18.0 Å². The zero-order valence-corrected chi connectivity index (χ0v) is 19.8. The third-order valence-corrected chi connectivity index (χ3v) is 8.49. The summed E-state index contributed by atoms with van der Waals surface area (Å²) in [5.41, 5.74) is 1.62. The van der Waals surface area contributed by atoms with Gasteiger partial charge in [-0.3, -0.25) is 9.69 Å². The van der Waals surface area contributed by atoms with Crippen molar-refractivity contribution in [1.29, 1.82) is 0 Å². The molecule has 4 rings (SSSR count). The highest BCUT2D eigenvalue weighted by Gasteiger charge is 2.31. The predicted molar refractivity (Wildman–Crippen MR) is 123 cm³/mol. The summed E-state index contributed by atoms with van der Waals surface area (Å²) in [6.45, 7) is 5.90. The second-order valence-corrected chi connectivity index (χ2v) is 11.2. The normalized spacial score (nSPS) is 24.3. The summed E-state index contributed by atoms with van der Waals surface area (Å²) in [4.78, 5) is 29.0. The van der Waals surface area contributed by atoms with Gasteiger partial charge in [0, 0.05) is 31.4 Å². The lowest BCUT2D eigenvalue weighted by molar-refractivity contribution is -0.123. The fraction of sp³-hybridized carbons (Fsp3) is 0.652. The Bertz CT molecular complexity index is 966. The Kier molecular flexibility index (Phi) is 6.76. The Morgan fingerprint density at radius 2 is 1.75 bits per heavy atom. The number of hydrogen-bond donors (Lipinski definition) is 2. The molecule has 1 saturated carbocycles. The van der Waals surface area contributed by atoms with E-state index >= 15 is 0 Å². The highest BCUT2D eigenvalue weighted by atomic mass is 32.2. The standard InChI is InChI=1S/C23H34N4O4S/c1-16-5-7-19(8-6-16)24-22(28)17(2)25-32(30,31)20-9-10-21-18(15-20)11-14-27(21)23(29)26-12-3-4-13-26/h9-10,15-17,19,25H,3-8,11-14H2,1-2H3,(H,24,28). The maximum absolute atomic E-state index is 12.9. The second-order valence-electron chi connectivity index (χ2n) is 9.48. The number of likely N-dealkylation sites (tertiary alicyclic amines) is 1. The van der Waals surface area contributed by atoms with E-state index < -0.39 is 16.1 Å². The van der Waals surface area contributed by atoms with Crippen LogP contribution in [-0.2, 0) is 21.2 Å². The summed E-state index contributed by atoms with van der Waals surface area (Å²) in [6.07, 6.45) is 6.71. The van der Waals surface area contributed by atoms with Crippen LogP contribution in [0.5, 0.6) is 0 Å². The maximum atomic E-state index is 12.9. The molecular formula is C23H34N4O4S. The molecule has 1 aromatic carbocycles. The predicted octanol–water partition coefficient (Wildman–Crippen LogP) is 2.63. The van der Waals surface area contributed by atoms with Crippen LogP contribution in [0.15, 0.2) is 23.1 Å². The number of carbonyl (C=O) groups excluding carboxylic acids is 2. The average Bonchev–Trinajstić information content (AvgIpc) is 3.44. The van der Waals surface area contributed by atoms with Crippen LogP contribution in [0, 0.1) is 5.92 Å². The van der Waals surface area contributed by atoms with Gasteiger partial charge < -0.3 is 10.2 Å². The number of hydrogen-bond acceptors (Lipinski definition) is 4. The molecule has 0 radical (unpaired) electrons. The summed E-state index contributed by atoms with van der Waals surface area (Å²) in [5.74, 6) is 0.386. The molecule has 2 heterocycles. The molecule has 1 saturated heterocycles. The molecule has 0 bridgehead atoms. The lowest BCUT2D eigenvalue weighted by atomic mass is 9.87. The monoisotopic (exact) mass is 462 g/mol. The molecular weight excluding hydrogens is 428 g/mol. The smallest absolute Gasteiger partial charge is 0.324 e. The SMILES string of the molecule is CC1CCC(NC(=O)C(C)NS(=O)(=O)c2ccc3c(c2)CCN3C(=O)N2CCCC2)CC1. The Morgan fingerprint density at radius 1 is 1.06 bits per heavy atom. The van der Waals surface area contributed by atoms with Crippen LogP contribution in [0.4, 0.5) is 10.5 Å². The first-order valence-corrected chi connectivity index (χ1v) is 13.2. The van der Waals surface area contributed by atoms with E-state index in [2.05, 4.69) is 17.0 Å². The van der Waals surface area contributed by atoms with E-state index in [0.29, 0.717) is 18.9 Å². The van der Waals surface area contributed by atoms with Gasteiger partial charge in [0.2, 0.25) is 15.9 Å². The molecule has 3 amide bonds. The molecule has 1 unspecified atom stereocenters. The highest BCUT2D eigenvalue weighted by molar-refractivity contribution is 7.89. The van der Waals surface area contributed by atoms with E-state index in [0.717, 1.165) is 62.9 Å². The van der Waals surface area contributed by atoms with Crippen molar-refractivity contribution in [3.8, 4) is 0 Å². The summed E-state index contributed by atoms with van der Waals surface area (Å²) >= 11 is 0. The van der Waals surface area contributed by atoms with Crippen molar-refractivity contribution in [1.82, 2.24) is 14.9 Å². The zero-order valence-electron chi connectivity index (χ0n) is 19.0. The molecule has 1 aromatic rings. The van der Waals surface area contributed by atoms with Crippen molar-refractivity contribution >= 4 is 27.6 Å². The molecule has 8 nitrogen and oxygen atoms in total.